The highest BCUT2D eigenvalue weighted by Crippen LogP contribution is 2.29. The number of hydrogen-bond donors (Lipinski definition) is 2. The second-order valence-electron chi connectivity index (χ2n) is 9.82. The van der Waals surface area contributed by atoms with Crippen LogP contribution in [0.3, 0.4) is 0 Å². The number of nitrogens with zero attached hydrogens (tertiary/aromatic N) is 4. The van der Waals surface area contributed by atoms with E-state index < -0.39 is 24.1 Å². The number of hydrazine groups is 1. The zero-order valence-electron chi connectivity index (χ0n) is 22.5. The van der Waals surface area contributed by atoms with E-state index in [-0.39, 0.29) is 70.6 Å². The Hall–Kier alpha value is -3.74. The Balaban J connectivity index is 0.00000231. The Bertz CT molecular complexity index is 1360. The molecule has 12 heteroatoms. The number of urea groups is 1. The molecule has 3 aromatic carbocycles. The van der Waals surface area contributed by atoms with Crippen molar-refractivity contribution in [2.45, 2.75) is 31.7 Å². The quantitative estimate of drug-likeness (QED) is 0.455. The molecule has 41 heavy (non-hydrogen) atoms. The predicted molar refractivity (Wildman–Crippen MR) is 162 cm³/mol. The second-order valence-corrected chi connectivity index (χ2v) is 9.82. The van der Waals surface area contributed by atoms with Gasteiger partial charge in [-0.2, -0.15) is 27.0 Å². The van der Waals surface area contributed by atoms with E-state index in [1.807, 2.05) is 30.3 Å². The van der Waals surface area contributed by atoms with Crippen molar-refractivity contribution in [1.29, 1.82) is 0 Å². The van der Waals surface area contributed by atoms with Gasteiger partial charge in [0.05, 0.1) is 13.1 Å². The number of amides is 4. The number of nitrogens with one attached hydrogen (secondary N) is 1. The van der Waals surface area contributed by atoms with Gasteiger partial charge in [-0.15, -0.1) is 0 Å². The van der Waals surface area contributed by atoms with E-state index in [4.69, 9.17) is 0 Å². The molecule has 2 N–H and O–H groups in total. The number of rotatable bonds is 6. The van der Waals surface area contributed by atoms with Gasteiger partial charge >= 0.3 is 6.03 Å². The van der Waals surface area contributed by atoms with Gasteiger partial charge < -0.3 is 20.2 Å². The van der Waals surface area contributed by atoms with Gasteiger partial charge in [-0.05, 0) is 41.0 Å². The Morgan fingerprint density at radius 1 is 0.951 bits per heavy atom. The number of hydrogen-bond acceptors (Lipinski definition) is 5. The first-order valence-corrected chi connectivity index (χ1v) is 12.7. The SMILES string of the molecule is CN1CC(=O)N2[C@@H](Cc3ccc(O)cc3)C(=O)N(Cc3cccc(F)c3)C[C@@H]2N1C(=O)NCc1ccccc1.S.S. The topological polar surface area (TPSA) is 96.4 Å². The van der Waals surface area contributed by atoms with Crippen molar-refractivity contribution in [3.63, 3.8) is 0 Å². The van der Waals surface area contributed by atoms with Gasteiger partial charge in [-0.25, -0.2) is 19.2 Å². The Kier molecular flexibility index (Phi) is 10.7. The summed E-state index contributed by atoms with van der Waals surface area (Å²) in [5, 5.41) is 15.7. The molecule has 2 heterocycles. The molecule has 0 spiro atoms. The maximum atomic E-state index is 13.9. The van der Waals surface area contributed by atoms with Crippen molar-refractivity contribution >= 4 is 44.8 Å². The Labute approximate surface area is 252 Å². The van der Waals surface area contributed by atoms with Crippen LogP contribution in [0.25, 0.3) is 0 Å². The summed E-state index contributed by atoms with van der Waals surface area (Å²) >= 11 is 0. The average molecular weight is 600 g/mol. The monoisotopic (exact) mass is 599 g/mol. The van der Waals surface area contributed by atoms with Crippen LogP contribution in [-0.4, -0.2) is 75.1 Å². The van der Waals surface area contributed by atoms with E-state index in [0.717, 1.165) is 11.1 Å². The van der Waals surface area contributed by atoms with Crippen LogP contribution in [0, 0.1) is 5.82 Å². The van der Waals surface area contributed by atoms with Crippen molar-refractivity contribution in [3.05, 3.63) is 101 Å². The van der Waals surface area contributed by atoms with Crippen LogP contribution < -0.4 is 5.32 Å². The summed E-state index contributed by atoms with van der Waals surface area (Å²) < 4.78 is 13.9. The van der Waals surface area contributed by atoms with Gasteiger partial charge in [0.1, 0.15) is 23.8 Å². The number of carbonyl (C=O) groups excluding carboxylic acids is 3. The fourth-order valence-corrected chi connectivity index (χ4v) is 5.21. The third-order valence-electron chi connectivity index (χ3n) is 7.06. The summed E-state index contributed by atoms with van der Waals surface area (Å²) in [7, 11) is 1.67. The number of piperazine rings is 1. The summed E-state index contributed by atoms with van der Waals surface area (Å²) in [6.07, 6.45) is -0.565. The normalized spacial score (nSPS) is 18.7. The molecule has 0 aliphatic carbocycles. The highest BCUT2D eigenvalue weighted by molar-refractivity contribution is 7.59. The minimum absolute atomic E-state index is 0. The lowest BCUT2D eigenvalue weighted by molar-refractivity contribution is -0.187. The number of carbonyl (C=O) groups is 3. The van der Waals surface area contributed by atoms with Gasteiger partial charge in [-0.3, -0.25) is 9.59 Å². The molecule has 4 amide bonds. The number of phenols is 1. The van der Waals surface area contributed by atoms with Gasteiger partial charge in [0.2, 0.25) is 11.8 Å². The molecule has 3 aromatic rings. The lowest BCUT2D eigenvalue weighted by Gasteiger charge is -2.54. The molecule has 0 aromatic heterocycles. The van der Waals surface area contributed by atoms with Crippen molar-refractivity contribution < 1.29 is 23.9 Å². The molecule has 218 valence electrons. The van der Waals surface area contributed by atoms with Gasteiger partial charge in [0, 0.05) is 26.6 Å². The third kappa shape index (κ3) is 7.13. The zero-order valence-corrected chi connectivity index (χ0v) is 24.5. The molecule has 2 fully saturated rings. The van der Waals surface area contributed by atoms with Crippen LogP contribution in [0.2, 0.25) is 0 Å². The minimum Gasteiger partial charge on any atom is -0.508 e. The van der Waals surface area contributed by atoms with Crippen LogP contribution in [-0.2, 0) is 29.1 Å². The van der Waals surface area contributed by atoms with E-state index in [0.29, 0.717) is 12.1 Å². The van der Waals surface area contributed by atoms with Gasteiger partial charge in [-0.1, -0.05) is 54.6 Å². The van der Waals surface area contributed by atoms with Crippen molar-refractivity contribution in [3.8, 4) is 5.75 Å². The van der Waals surface area contributed by atoms with E-state index >= 15 is 0 Å². The van der Waals surface area contributed by atoms with Crippen molar-refractivity contribution in [1.82, 2.24) is 25.1 Å². The lowest BCUT2D eigenvalue weighted by Crippen LogP contribution is -2.76. The highest BCUT2D eigenvalue weighted by atomic mass is 32.1. The molecular weight excluding hydrogens is 565 g/mol. The standard InChI is InChI=1S/C29H30FN5O4.2H2S/c1-32-19-27(37)34-25(15-20-10-12-24(36)13-11-20)28(38)33(17-22-8-5-9-23(30)14-22)18-26(34)35(32)29(39)31-16-21-6-3-2-4-7-21;;/h2-14,25-26,36H,15-19H2,1H3,(H,31,39);2*1H2/t25-,26-;;/m0../s1. The summed E-state index contributed by atoms with van der Waals surface area (Å²) in [4.78, 5) is 43.7. The van der Waals surface area contributed by atoms with E-state index in [1.165, 1.54) is 34.2 Å². The lowest BCUT2D eigenvalue weighted by atomic mass is 9.98. The molecule has 2 saturated heterocycles. The second kappa shape index (κ2) is 13.7. The van der Waals surface area contributed by atoms with Crippen molar-refractivity contribution in [2.24, 2.45) is 0 Å². The van der Waals surface area contributed by atoms with E-state index in [2.05, 4.69) is 5.32 Å². The smallest absolute Gasteiger partial charge is 0.334 e. The predicted octanol–water partition coefficient (Wildman–Crippen LogP) is 2.94. The van der Waals surface area contributed by atoms with Crippen LogP contribution >= 0.6 is 27.0 Å². The van der Waals surface area contributed by atoms with Crippen LogP contribution in [0.4, 0.5) is 9.18 Å². The number of aromatic hydroxyl groups is 1. The summed E-state index contributed by atoms with van der Waals surface area (Å²) in [5.74, 6) is -0.867. The van der Waals surface area contributed by atoms with Crippen molar-refractivity contribution in [2.75, 3.05) is 20.1 Å². The third-order valence-corrected chi connectivity index (χ3v) is 7.06. The molecular formula is C29H34FN5O4S2. The number of benzene rings is 3. The van der Waals surface area contributed by atoms with Gasteiger partial charge in [0.15, 0.2) is 0 Å². The summed E-state index contributed by atoms with van der Waals surface area (Å²) in [5.41, 5.74) is 2.29. The fraction of sp³-hybridized carbons (Fsp3) is 0.276. The summed E-state index contributed by atoms with van der Waals surface area (Å²) in [6, 6.07) is 20.7. The van der Waals surface area contributed by atoms with Crippen LogP contribution in [0.1, 0.15) is 16.7 Å². The van der Waals surface area contributed by atoms with Crippen LogP contribution in [0.15, 0.2) is 78.9 Å². The maximum absolute atomic E-state index is 13.9. The molecule has 2 aliphatic heterocycles. The number of phenolic OH excluding ortho intramolecular Hbond substituents is 1. The van der Waals surface area contributed by atoms with Crippen LogP contribution in [0.5, 0.6) is 5.75 Å². The molecule has 2 atom stereocenters. The first-order chi connectivity index (χ1) is 18.8. The minimum atomic E-state index is -0.882. The molecule has 0 bridgehead atoms. The number of likely N-dealkylation sites (N-methyl/N-ethyl adjacent to an activating group) is 1. The molecule has 0 saturated carbocycles. The Morgan fingerprint density at radius 3 is 2.32 bits per heavy atom. The number of fused-ring (bicyclic) bond motifs is 1. The average Bonchev–Trinajstić information content (AvgIpc) is 2.91. The Morgan fingerprint density at radius 2 is 1.63 bits per heavy atom. The number of halogens is 1. The zero-order chi connectivity index (χ0) is 27.5. The van der Waals surface area contributed by atoms with E-state index in [1.54, 1.807) is 41.2 Å². The van der Waals surface area contributed by atoms with Gasteiger partial charge in [0.25, 0.3) is 0 Å². The molecule has 0 unspecified atom stereocenters. The summed E-state index contributed by atoms with van der Waals surface area (Å²) in [6.45, 7) is 0.423. The molecule has 9 nitrogen and oxygen atoms in total. The highest BCUT2D eigenvalue weighted by Gasteiger charge is 2.50. The molecule has 0 radical (unpaired) electrons. The first kappa shape index (κ1) is 31.8. The molecule has 2 aliphatic rings. The largest absolute Gasteiger partial charge is 0.508 e. The first-order valence-electron chi connectivity index (χ1n) is 12.7. The fourth-order valence-electron chi connectivity index (χ4n) is 5.21. The van der Waals surface area contributed by atoms with E-state index in [9.17, 15) is 23.9 Å². The maximum Gasteiger partial charge on any atom is 0.334 e. The molecule has 5 rings (SSSR count).